The van der Waals surface area contributed by atoms with Gasteiger partial charge in [-0.15, -0.1) is 0 Å². The van der Waals surface area contributed by atoms with Gasteiger partial charge in [-0.3, -0.25) is 0 Å². The molecular formula is C25H32O2. The van der Waals surface area contributed by atoms with Crippen LogP contribution in [0.1, 0.15) is 60.8 Å². The molecule has 144 valence electrons. The summed E-state index contributed by atoms with van der Waals surface area (Å²) in [5.74, 6) is 2.21. The van der Waals surface area contributed by atoms with Crippen LogP contribution in [0.3, 0.4) is 0 Å². The zero-order valence-electron chi connectivity index (χ0n) is 16.7. The van der Waals surface area contributed by atoms with E-state index in [0.29, 0.717) is 18.4 Å². The van der Waals surface area contributed by atoms with Gasteiger partial charge < -0.3 is 9.84 Å². The Labute approximate surface area is 163 Å². The summed E-state index contributed by atoms with van der Waals surface area (Å²) < 4.78 is 6.03. The van der Waals surface area contributed by atoms with Crippen molar-refractivity contribution in [1.82, 2.24) is 0 Å². The first kappa shape index (κ1) is 18.6. The Morgan fingerprint density at radius 1 is 1.07 bits per heavy atom. The quantitative estimate of drug-likeness (QED) is 0.765. The summed E-state index contributed by atoms with van der Waals surface area (Å²) in [6.45, 7) is 5.45. The van der Waals surface area contributed by atoms with E-state index in [0.717, 1.165) is 38.0 Å². The number of hydrogen-bond donors (Lipinski definition) is 1. The molecule has 2 nitrogen and oxygen atoms in total. The zero-order valence-corrected chi connectivity index (χ0v) is 16.7. The molecule has 0 aliphatic heterocycles. The number of rotatable bonds is 5. The van der Waals surface area contributed by atoms with Crippen molar-refractivity contribution >= 4 is 0 Å². The molecule has 2 aliphatic carbocycles. The second kappa shape index (κ2) is 7.67. The van der Waals surface area contributed by atoms with Crippen LogP contribution < -0.4 is 4.74 Å². The number of benzene rings is 2. The summed E-state index contributed by atoms with van der Waals surface area (Å²) >= 11 is 0. The zero-order chi connectivity index (χ0) is 18.9. The van der Waals surface area contributed by atoms with Crippen LogP contribution in [-0.4, -0.2) is 18.3 Å². The molecule has 0 heterocycles. The molecule has 0 bridgehead atoms. The molecule has 1 saturated carbocycles. The lowest BCUT2D eigenvalue weighted by Crippen LogP contribution is -2.21. The van der Waals surface area contributed by atoms with Gasteiger partial charge in [-0.1, -0.05) is 42.8 Å². The summed E-state index contributed by atoms with van der Waals surface area (Å²) in [6, 6.07) is 15.5. The van der Waals surface area contributed by atoms with E-state index < -0.39 is 0 Å². The van der Waals surface area contributed by atoms with E-state index in [1.54, 1.807) is 0 Å². The molecule has 27 heavy (non-hydrogen) atoms. The lowest BCUT2D eigenvalue weighted by molar-refractivity contribution is 0.147. The van der Waals surface area contributed by atoms with Crippen molar-refractivity contribution in [1.29, 1.82) is 0 Å². The van der Waals surface area contributed by atoms with E-state index in [1.807, 2.05) is 0 Å². The SMILES string of the molecule is Cc1ccc(OC[C@@H]2CCc3cc([C@H]4CC[C@](C)(CO)C4)ccc3C2)cc1. The van der Waals surface area contributed by atoms with Crippen LogP contribution in [0.15, 0.2) is 42.5 Å². The smallest absolute Gasteiger partial charge is 0.119 e. The fraction of sp³-hybridized carbons (Fsp3) is 0.520. The molecule has 1 N–H and O–H groups in total. The van der Waals surface area contributed by atoms with E-state index in [-0.39, 0.29) is 5.41 Å². The molecule has 0 spiro atoms. The van der Waals surface area contributed by atoms with E-state index in [1.165, 1.54) is 35.1 Å². The van der Waals surface area contributed by atoms with Crippen LogP contribution in [0.25, 0.3) is 0 Å². The molecule has 2 aromatic carbocycles. The van der Waals surface area contributed by atoms with E-state index >= 15 is 0 Å². The molecule has 0 aromatic heterocycles. The Hall–Kier alpha value is -1.80. The van der Waals surface area contributed by atoms with Crippen LogP contribution in [0.2, 0.25) is 0 Å². The predicted octanol–water partition coefficient (Wildman–Crippen LogP) is 5.45. The van der Waals surface area contributed by atoms with Crippen LogP contribution in [-0.2, 0) is 12.8 Å². The van der Waals surface area contributed by atoms with Gasteiger partial charge >= 0.3 is 0 Å². The van der Waals surface area contributed by atoms with Gasteiger partial charge in [-0.05, 0) is 91.5 Å². The average molecular weight is 365 g/mol. The molecule has 2 heteroatoms. The Kier molecular flexibility index (Phi) is 5.27. The molecule has 0 amide bonds. The molecule has 0 saturated heterocycles. The Morgan fingerprint density at radius 2 is 1.89 bits per heavy atom. The normalized spacial score (nSPS) is 27.4. The maximum Gasteiger partial charge on any atom is 0.119 e. The fourth-order valence-electron chi connectivity index (χ4n) is 4.84. The lowest BCUT2D eigenvalue weighted by Gasteiger charge is -2.26. The maximum atomic E-state index is 9.65. The highest BCUT2D eigenvalue weighted by atomic mass is 16.5. The number of aliphatic hydroxyl groups excluding tert-OH is 1. The largest absolute Gasteiger partial charge is 0.493 e. The Balaban J connectivity index is 1.37. The second-order valence-electron chi connectivity index (χ2n) is 9.17. The second-order valence-corrected chi connectivity index (χ2v) is 9.17. The number of hydrogen-bond acceptors (Lipinski definition) is 2. The number of aliphatic hydroxyl groups is 1. The minimum absolute atomic E-state index is 0.124. The molecule has 2 aliphatic rings. The highest BCUT2D eigenvalue weighted by Crippen LogP contribution is 2.46. The van der Waals surface area contributed by atoms with Gasteiger partial charge in [0.2, 0.25) is 0 Å². The molecule has 4 rings (SSSR count). The van der Waals surface area contributed by atoms with E-state index in [2.05, 4.69) is 56.3 Å². The number of aryl methyl sites for hydroxylation is 2. The molecule has 0 unspecified atom stereocenters. The fourth-order valence-corrected chi connectivity index (χ4v) is 4.84. The van der Waals surface area contributed by atoms with Crippen molar-refractivity contribution in [3.05, 3.63) is 64.7 Å². The monoisotopic (exact) mass is 364 g/mol. The van der Waals surface area contributed by atoms with Gasteiger partial charge in [0.25, 0.3) is 0 Å². The van der Waals surface area contributed by atoms with Crippen molar-refractivity contribution in [2.75, 3.05) is 13.2 Å². The lowest BCUT2D eigenvalue weighted by atomic mass is 9.81. The van der Waals surface area contributed by atoms with Gasteiger partial charge in [-0.25, -0.2) is 0 Å². The van der Waals surface area contributed by atoms with Gasteiger partial charge in [-0.2, -0.15) is 0 Å². The van der Waals surface area contributed by atoms with Crippen LogP contribution in [0, 0.1) is 18.3 Å². The van der Waals surface area contributed by atoms with Gasteiger partial charge in [0, 0.05) is 6.61 Å². The average Bonchev–Trinajstić information content (AvgIpc) is 3.10. The predicted molar refractivity (Wildman–Crippen MR) is 110 cm³/mol. The van der Waals surface area contributed by atoms with Crippen molar-refractivity contribution in [2.45, 2.75) is 58.3 Å². The Bertz CT molecular complexity index is 779. The first-order valence-electron chi connectivity index (χ1n) is 10.5. The first-order valence-corrected chi connectivity index (χ1v) is 10.5. The summed E-state index contributed by atoms with van der Waals surface area (Å²) in [7, 11) is 0. The topological polar surface area (TPSA) is 29.5 Å². The summed E-state index contributed by atoms with van der Waals surface area (Å²) in [5, 5.41) is 9.65. The van der Waals surface area contributed by atoms with Crippen LogP contribution in [0.4, 0.5) is 0 Å². The summed E-state index contributed by atoms with van der Waals surface area (Å²) in [5.41, 5.74) is 5.92. The van der Waals surface area contributed by atoms with Crippen molar-refractivity contribution in [3.63, 3.8) is 0 Å². The minimum Gasteiger partial charge on any atom is -0.493 e. The van der Waals surface area contributed by atoms with Crippen molar-refractivity contribution < 1.29 is 9.84 Å². The summed E-state index contributed by atoms with van der Waals surface area (Å²) in [4.78, 5) is 0. The van der Waals surface area contributed by atoms with Crippen LogP contribution >= 0.6 is 0 Å². The van der Waals surface area contributed by atoms with Gasteiger partial charge in [0.05, 0.1) is 6.61 Å². The maximum absolute atomic E-state index is 9.65. The molecule has 2 aromatic rings. The third-order valence-electron chi connectivity index (χ3n) is 6.76. The number of ether oxygens (including phenoxy) is 1. The van der Waals surface area contributed by atoms with Crippen molar-refractivity contribution in [3.8, 4) is 5.75 Å². The summed E-state index contributed by atoms with van der Waals surface area (Å²) in [6.07, 6.45) is 6.97. The van der Waals surface area contributed by atoms with Crippen molar-refractivity contribution in [2.24, 2.45) is 11.3 Å². The van der Waals surface area contributed by atoms with Gasteiger partial charge in [0.15, 0.2) is 0 Å². The molecule has 3 atom stereocenters. The van der Waals surface area contributed by atoms with Gasteiger partial charge in [0.1, 0.15) is 5.75 Å². The van der Waals surface area contributed by atoms with E-state index in [4.69, 9.17) is 4.74 Å². The standard InChI is InChI=1S/C25H32O2/c1-18-3-9-24(10-4-18)27-16-19-5-6-21-14-22(8-7-20(21)13-19)23-11-12-25(2,15-23)17-26/h3-4,7-10,14,19,23,26H,5-6,11-13,15-17H2,1-2H3/t19-,23+,25+/m1/s1. The molecular weight excluding hydrogens is 332 g/mol. The Morgan fingerprint density at radius 3 is 2.63 bits per heavy atom. The van der Waals surface area contributed by atoms with E-state index in [9.17, 15) is 5.11 Å². The first-order chi connectivity index (χ1) is 13.0. The molecule has 0 radical (unpaired) electrons. The highest BCUT2D eigenvalue weighted by molar-refractivity contribution is 5.36. The molecule has 1 fully saturated rings. The number of fused-ring (bicyclic) bond motifs is 1. The third-order valence-corrected chi connectivity index (χ3v) is 6.76. The van der Waals surface area contributed by atoms with Crippen LogP contribution in [0.5, 0.6) is 5.75 Å². The minimum atomic E-state index is 0.124. The third kappa shape index (κ3) is 4.21. The highest BCUT2D eigenvalue weighted by Gasteiger charge is 2.35.